The lowest BCUT2D eigenvalue weighted by molar-refractivity contribution is -0.139. The average molecular weight is 605 g/mol. The Hall–Kier alpha value is -4.44. The SMILES string of the molecule is Cc1c(NC(=O)O[C@H](C)c2ccccc2)c(-c2ccc(C(=O)N[C@H](Cc3ccc(Br)cc3)C(=O)O)cc2)nn1C. The van der Waals surface area contributed by atoms with Gasteiger partial charge < -0.3 is 15.2 Å². The fourth-order valence-electron chi connectivity index (χ4n) is 4.12. The van der Waals surface area contributed by atoms with Gasteiger partial charge in [-0.05, 0) is 49.2 Å². The van der Waals surface area contributed by atoms with Crippen LogP contribution in [-0.4, -0.2) is 38.9 Å². The molecule has 2 amide bonds. The number of aromatic nitrogens is 2. The quantitative estimate of drug-likeness (QED) is 0.219. The number of aryl methyl sites for hydroxylation is 1. The summed E-state index contributed by atoms with van der Waals surface area (Å²) >= 11 is 3.35. The number of nitrogens with one attached hydrogen (secondary N) is 2. The van der Waals surface area contributed by atoms with Crippen LogP contribution in [0.5, 0.6) is 0 Å². The summed E-state index contributed by atoms with van der Waals surface area (Å²) in [7, 11) is 1.77. The van der Waals surface area contributed by atoms with E-state index in [-0.39, 0.29) is 6.42 Å². The van der Waals surface area contributed by atoms with Crippen molar-refractivity contribution < 1.29 is 24.2 Å². The molecule has 1 aromatic heterocycles. The van der Waals surface area contributed by atoms with Crippen LogP contribution in [0, 0.1) is 6.92 Å². The molecular formula is C30H29BrN4O5. The Balaban J connectivity index is 1.46. The first-order valence-corrected chi connectivity index (χ1v) is 13.4. The molecule has 0 unspecified atom stereocenters. The molecule has 0 radical (unpaired) electrons. The van der Waals surface area contributed by atoms with Crippen LogP contribution in [0.1, 0.15) is 40.2 Å². The predicted molar refractivity (Wildman–Crippen MR) is 155 cm³/mol. The van der Waals surface area contributed by atoms with E-state index in [4.69, 9.17) is 4.74 Å². The van der Waals surface area contributed by atoms with Crippen molar-refractivity contribution in [2.75, 3.05) is 5.32 Å². The Morgan fingerprint density at radius 2 is 1.65 bits per heavy atom. The molecular weight excluding hydrogens is 576 g/mol. The molecule has 0 saturated carbocycles. The van der Waals surface area contributed by atoms with E-state index in [9.17, 15) is 19.5 Å². The third-order valence-corrected chi connectivity index (χ3v) is 7.02. The molecule has 0 saturated heterocycles. The minimum atomic E-state index is -1.12. The number of aliphatic carboxylic acids is 1. The number of hydrogen-bond donors (Lipinski definition) is 3. The molecule has 9 nitrogen and oxygen atoms in total. The molecule has 40 heavy (non-hydrogen) atoms. The number of anilines is 1. The number of benzene rings is 3. The van der Waals surface area contributed by atoms with Crippen molar-refractivity contribution in [3.05, 3.63) is 106 Å². The number of carboxylic acid groups (broad SMARTS) is 1. The van der Waals surface area contributed by atoms with E-state index < -0.39 is 30.1 Å². The third kappa shape index (κ3) is 6.95. The Labute approximate surface area is 240 Å². The molecule has 4 rings (SSSR count). The van der Waals surface area contributed by atoms with Gasteiger partial charge in [0, 0.05) is 29.1 Å². The van der Waals surface area contributed by atoms with Crippen molar-refractivity contribution in [2.24, 2.45) is 7.05 Å². The highest BCUT2D eigenvalue weighted by molar-refractivity contribution is 9.10. The first-order valence-electron chi connectivity index (χ1n) is 12.6. The van der Waals surface area contributed by atoms with Crippen LogP contribution >= 0.6 is 15.9 Å². The van der Waals surface area contributed by atoms with Gasteiger partial charge in [-0.2, -0.15) is 5.10 Å². The zero-order valence-electron chi connectivity index (χ0n) is 22.2. The summed E-state index contributed by atoms with van der Waals surface area (Å²) in [4.78, 5) is 37.4. The van der Waals surface area contributed by atoms with Gasteiger partial charge in [-0.15, -0.1) is 0 Å². The third-order valence-electron chi connectivity index (χ3n) is 6.49. The van der Waals surface area contributed by atoms with Crippen molar-refractivity contribution in [2.45, 2.75) is 32.4 Å². The maximum atomic E-state index is 12.9. The van der Waals surface area contributed by atoms with Gasteiger partial charge in [0.05, 0.1) is 11.4 Å². The minimum absolute atomic E-state index is 0.146. The average Bonchev–Trinajstić information content (AvgIpc) is 3.22. The summed E-state index contributed by atoms with van der Waals surface area (Å²) in [6.45, 7) is 3.62. The van der Waals surface area contributed by atoms with Crippen molar-refractivity contribution in [3.8, 4) is 11.3 Å². The molecule has 3 aromatic carbocycles. The van der Waals surface area contributed by atoms with Gasteiger partial charge in [-0.1, -0.05) is 70.5 Å². The van der Waals surface area contributed by atoms with E-state index in [0.29, 0.717) is 22.5 Å². The van der Waals surface area contributed by atoms with E-state index in [0.717, 1.165) is 21.3 Å². The van der Waals surface area contributed by atoms with Crippen LogP contribution < -0.4 is 10.6 Å². The molecule has 206 valence electrons. The minimum Gasteiger partial charge on any atom is -0.480 e. The standard InChI is InChI=1S/C30H29BrN4O5/c1-18-26(33-30(39)40-19(2)21-7-5-4-6-8-21)27(34-35(18)3)22-11-13-23(14-12-22)28(36)32-25(29(37)38)17-20-9-15-24(31)16-10-20/h4-16,19,25H,17H2,1-3H3,(H,32,36)(H,33,39)(H,37,38)/t19-,25-/m1/s1. The Morgan fingerprint density at radius 3 is 2.27 bits per heavy atom. The Morgan fingerprint density at radius 1 is 1.00 bits per heavy atom. The van der Waals surface area contributed by atoms with E-state index in [1.54, 1.807) is 55.1 Å². The second-order valence-electron chi connectivity index (χ2n) is 9.29. The number of carbonyl (C=O) groups excluding carboxylic acids is 2. The highest BCUT2D eigenvalue weighted by atomic mass is 79.9. The highest BCUT2D eigenvalue weighted by Gasteiger charge is 2.23. The Bertz CT molecular complexity index is 1500. The van der Waals surface area contributed by atoms with Gasteiger partial charge in [0.25, 0.3) is 5.91 Å². The lowest BCUT2D eigenvalue weighted by Gasteiger charge is -2.15. The number of halogens is 1. The van der Waals surface area contributed by atoms with Crippen LogP contribution in [0.3, 0.4) is 0 Å². The highest BCUT2D eigenvalue weighted by Crippen LogP contribution is 2.30. The molecule has 10 heteroatoms. The zero-order valence-corrected chi connectivity index (χ0v) is 23.8. The predicted octanol–water partition coefficient (Wildman–Crippen LogP) is 5.89. The van der Waals surface area contributed by atoms with E-state index in [1.807, 2.05) is 49.4 Å². The van der Waals surface area contributed by atoms with Crippen molar-refractivity contribution in [1.82, 2.24) is 15.1 Å². The van der Waals surface area contributed by atoms with Gasteiger partial charge in [-0.3, -0.25) is 14.8 Å². The molecule has 2 atom stereocenters. The molecule has 0 aliphatic carbocycles. The number of carbonyl (C=O) groups is 3. The number of amides is 2. The van der Waals surface area contributed by atoms with Crippen molar-refractivity contribution in [1.29, 1.82) is 0 Å². The first-order chi connectivity index (χ1) is 19.1. The van der Waals surface area contributed by atoms with E-state index in [2.05, 4.69) is 31.7 Å². The van der Waals surface area contributed by atoms with Crippen LogP contribution in [-0.2, 0) is 23.0 Å². The molecule has 0 bridgehead atoms. The van der Waals surface area contributed by atoms with E-state index in [1.165, 1.54) is 0 Å². The van der Waals surface area contributed by atoms with Gasteiger partial charge in [0.15, 0.2) is 0 Å². The summed E-state index contributed by atoms with van der Waals surface area (Å²) in [5, 5.41) is 19.6. The van der Waals surface area contributed by atoms with Crippen LogP contribution in [0.25, 0.3) is 11.3 Å². The zero-order chi connectivity index (χ0) is 28.8. The fraction of sp³-hybridized carbons (Fsp3) is 0.200. The summed E-state index contributed by atoms with van der Waals surface area (Å²) in [6.07, 6.45) is -0.916. The van der Waals surface area contributed by atoms with Crippen LogP contribution in [0.15, 0.2) is 83.3 Å². The maximum Gasteiger partial charge on any atom is 0.412 e. The largest absolute Gasteiger partial charge is 0.480 e. The molecule has 1 heterocycles. The molecule has 0 aliphatic heterocycles. The molecule has 3 N–H and O–H groups in total. The first kappa shape index (κ1) is 28.6. The van der Waals surface area contributed by atoms with Gasteiger partial charge in [-0.25, -0.2) is 9.59 Å². The normalized spacial score (nSPS) is 12.3. The van der Waals surface area contributed by atoms with Gasteiger partial charge in [0.1, 0.15) is 17.8 Å². The smallest absolute Gasteiger partial charge is 0.412 e. The number of carboxylic acids is 1. The number of hydrogen-bond acceptors (Lipinski definition) is 5. The number of nitrogens with zero attached hydrogens (tertiary/aromatic N) is 2. The fourth-order valence-corrected chi connectivity index (χ4v) is 4.39. The second kappa shape index (κ2) is 12.6. The molecule has 0 aliphatic rings. The number of ether oxygens (including phenoxy) is 1. The van der Waals surface area contributed by atoms with Crippen LogP contribution in [0.2, 0.25) is 0 Å². The van der Waals surface area contributed by atoms with Crippen molar-refractivity contribution >= 4 is 39.6 Å². The van der Waals surface area contributed by atoms with Gasteiger partial charge in [0.2, 0.25) is 0 Å². The van der Waals surface area contributed by atoms with Gasteiger partial charge >= 0.3 is 12.1 Å². The van der Waals surface area contributed by atoms with Crippen LogP contribution in [0.4, 0.5) is 10.5 Å². The molecule has 0 spiro atoms. The lowest BCUT2D eigenvalue weighted by atomic mass is 10.0. The molecule has 0 fully saturated rings. The number of rotatable bonds is 9. The molecule has 4 aromatic rings. The summed E-state index contributed by atoms with van der Waals surface area (Å²) in [6, 6.07) is 22.2. The van der Waals surface area contributed by atoms with E-state index >= 15 is 0 Å². The topological polar surface area (TPSA) is 123 Å². The summed E-state index contributed by atoms with van der Waals surface area (Å²) in [5.74, 6) is -1.63. The summed E-state index contributed by atoms with van der Waals surface area (Å²) in [5.41, 5.74) is 4.34. The summed E-state index contributed by atoms with van der Waals surface area (Å²) < 4.78 is 8.09. The Kier molecular flexibility index (Phi) is 9.00. The maximum absolute atomic E-state index is 12.9. The second-order valence-corrected chi connectivity index (χ2v) is 10.2. The van der Waals surface area contributed by atoms with Crippen molar-refractivity contribution in [3.63, 3.8) is 0 Å². The lowest BCUT2D eigenvalue weighted by Crippen LogP contribution is -2.42. The monoisotopic (exact) mass is 604 g/mol.